The van der Waals surface area contributed by atoms with E-state index in [1.165, 1.54) is 0 Å². The van der Waals surface area contributed by atoms with Crippen LogP contribution in [0.5, 0.6) is 0 Å². The predicted molar refractivity (Wildman–Crippen MR) is 99.8 cm³/mol. The highest BCUT2D eigenvalue weighted by atomic mass is 35.5. The summed E-state index contributed by atoms with van der Waals surface area (Å²) in [6, 6.07) is 14.8. The Morgan fingerprint density at radius 2 is 1.80 bits per heavy atom. The van der Waals surface area contributed by atoms with Crippen LogP contribution in [0.1, 0.15) is 12.0 Å². The molecule has 1 fully saturated rings. The summed E-state index contributed by atoms with van der Waals surface area (Å²) < 4.78 is 0. The molecule has 1 saturated heterocycles. The standard InChI is InChI=1S/C19H18Cl2N2O2/c1-22(11-13-5-3-2-4-6-13)19(25)14-7-18(24)23(12-14)17-9-15(20)8-16(21)10-17/h2-6,8-10,14H,7,11-12H2,1H3. The quantitative estimate of drug-likeness (QED) is 0.808. The van der Waals surface area contributed by atoms with Gasteiger partial charge in [-0.25, -0.2) is 0 Å². The second kappa shape index (κ2) is 7.46. The van der Waals surface area contributed by atoms with E-state index in [0.29, 0.717) is 28.8 Å². The Labute approximate surface area is 156 Å². The summed E-state index contributed by atoms with van der Waals surface area (Å²) in [5.74, 6) is -0.489. The molecule has 0 N–H and O–H groups in total. The maximum absolute atomic E-state index is 12.7. The number of amides is 2. The van der Waals surface area contributed by atoms with E-state index in [9.17, 15) is 9.59 Å². The molecule has 0 saturated carbocycles. The van der Waals surface area contributed by atoms with Crippen LogP contribution in [0.3, 0.4) is 0 Å². The van der Waals surface area contributed by atoms with Crippen LogP contribution in [-0.2, 0) is 16.1 Å². The molecule has 25 heavy (non-hydrogen) atoms. The van der Waals surface area contributed by atoms with Crippen LogP contribution in [0, 0.1) is 5.92 Å². The summed E-state index contributed by atoms with van der Waals surface area (Å²) in [7, 11) is 1.76. The molecule has 1 aliphatic rings. The van der Waals surface area contributed by atoms with Gasteiger partial charge in [0.15, 0.2) is 0 Å². The smallest absolute Gasteiger partial charge is 0.228 e. The Bertz CT molecular complexity index is 775. The zero-order valence-electron chi connectivity index (χ0n) is 13.8. The highest BCUT2D eigenvalue weighted by Gasteiger charge is 2.36. The van der Waals surface area contributed by atoms with E-state index >= 15 is 0 Å². The van der Waals surface area contributed by atoms with Crippen molar-refractivity contribution < 1.29 is 9.59 Å². The third kappa shape index (κ3) is 4.14. The molecule has 1 unspecified atom stereocenters. The number of halogens is 2. The van der Waals surface area contributed by atoms with E-state index in [4.69, 9.17) is 23.2 Å². The molecule has 0 spiro atoms. The van der Waals surface area contributed by atoms with Crippen LogP contribution in [0.25, 0.3) is 0 Å². The van der Waals surface area contributed by atoms with Crippen molar-refractivity contribution in [1.29, 1.82) is 0 Å². The molecule has 0 aliphatic carbocycles. The highest BCUT2D eigenvalue weighted by molar-refractivity contribution is 6.35. The molecule has 1 atom stereocenters. The lowest BCUT2D eigenvalue weighted by atomic mass is 10.1. The maximum atomic E-state index is 12.7. The Kier molecular flexibility index (Phi) is 5.30. The molecule has 2 aromatic carbocycles. The minimum atomic E-state index is -0.362. The summed E-state index contributed by atoms with van der Waals surface area (Å²) in [5, 5.41) is 0.928. The number of nitrogens with zero attached hydrogens (tertiary/aromatic N) is 2. The van der Waals surface area contributed by atoms with Gasteiger partial charge in [0.2, 0.25) is 11.8 Å². The van der Waals surface area contributed by atoms with Crippen LogP contribution >= 0.6 is 23.2 Å². The molecule has 0 bridgehead atoms. The average molecular weight is 377 g/mol. The predicted octanol–water partition coefficient (Wildman–Crippen LogP) is 4.00. The van der Waals surface area contributed by atoms with Crippen molar-refractivity contribution in [2.45, 2.75) is 13.0 Å². The van der Waals surface area contributed by atoms with Crippen molar-refractivity contribution >= 4 is 40.7 Å². The van der Waals surface area contributed by atoms with Crippen molar-refractivity contribution in [2.75, 3.05) is 18.5 Å². The van der Waals surface area contributed by atoms with Crippen LogP contribution in [0.4, 0.5) is 5.69 Å². The zero-order valence-corrected chi connectivity index (χ0v) is 15.3. The van der Waals surface area contributed by atoms with Crippen molar-refractivity contribution in [3.63, 3.8) is 0 Å². The van der Waals surface area contributed by atoms with Crippen molar-refractivity contribution in [3.8, 4) is 0 Å². The van der Waals surface area contributed by atoms with Gasteiger partial charge in [0, 0.05) is 42.3 Å². The summed E-state index contributed by atoms with van der Waals surface area (Å²) in [6.45, 7) is 0.862. The number of hydrogen-bond donors (Lipinski definition) is 0. The first-order valence-corrected chi connectivity index (χ1v) is 8.75. The minimum Gasteiger partial charge on any atom is -0.341 e. The minimum absolute atomic E-state index is 0.0344. The van der Waals surface area contributed by atoms with Crippen molar-refractivity contribution in [2.24, 2.45) is 5.92 Å². The Balaban J connectivity index is 1.70. The first kappa shape index (κ1) is 17.8. The lowest BCUT2D eigenvalue weighted by Gasteiger charge is -2.22. The van der Waals surface area contributed by atoms with Crippen LogP contribution in [-0.4, -0.2) is 30.3 Å². The molecule has 0 radical (unpaired) electrons. The molecular weight excluding hydrogens is 359 g/mol. The lowest BCUT2D eigenvalue weighted by Crippen LogP contribution is -2.34. The van der Waals surface area contributed by atoms with Gasteiger partial charge in [0.1, 0.15) is 0 Å². The van der Waals surface area contributed by atoms with E-state index in [1.807, 2.05) is 30.3 Å². The molecule has 0 aromatic heterocycles. The Morgan fingerprint density at radius 1 is 1.16 bits per heavy atom. The second-order valence-electron chi connectivity index (χ2n) is 6.21. The Hall–Kier alpha value is -2.04. The van der Waals surface area contributed by atoms with E-state index in [0.717, 1.165) is 5.56 Å². The molecule has 2 amide bonds. The zero-order chi connectivity index (χ0) is 18.0. The molecule has 6 heteroatoms. The third-order valence-corrected chi connectivity index (χ3v) is 4.71. The van der Waals surface area contributed by atoms with Gasteiger partial charge in [-0.3, -0.25) is 9.59 Å². The number of carbonyl (C=O) groups excluding carboxylic acids is 2. The first-order chi connectivity index (χ1) is 11.9. The maximum Gasteiger partial charge on any atom is 0.228 e. The molecule has 4 nitrogen and oxygen atoms in total. The van der Waals surface area contributed by atoms with E-state index in [-0.39, 0.29) is 24.2 Å². The fraction of sp³-hybridized carbons (Fsp3) is 0.263. The molecule has 1 aliphatic heterocycles. The number of benzene rings is 2. The number of anilines is 1. The molecule has 130 valence electrons. The van der Waals surface area contributed by atoms with Crippen LogP contribution < -0.4 is 4.90 Å². The summed E-state index contributed by atoms with van der Waals surface area (Å²) in [4.78, 5) is 28.3. The summed E-state index contributed by atoms with van der Waals surface area (Å²) in [5.41, 5.74) is 1.68. The van der Waals surface area contributed by atoms with Gasteiger partial charge in [-0.1, -0.05) is 53.5 Å². The highest BCUT2D eigenvalue weighted by Crippen LogP contribution is 2.31. The number of hydrogen-bond acceptors (Lipinski definition) is 2. The van der Waals surface area contributed by atoms with Gasteiger partial charge in [-0.2, -0.15) is 0 Å². The fourth-order valence-electron chi connectivity index (χ4n) is 3.06. The van der Waals surface area contributed by atoms with Crippen LogP contribution in [0.2, 0.25) is 10.0 Å². The lowest BCUT2D eigenvalue weighted by molar-refractivity contribution is -0.135. The number of carbonyl (C=O) groups is 2. The second-order valence-corrected chi connectivity index (χ2v) is 7.09. The molecular formula is C19H18Cl2N2O2. The third-order valence-electron chi connectivity index (χ3n) is 4.27. The van der Waals surface area contributed by atoms with Gasteiger partial charge >= 0.3 is 0 Å². The molecule has 3 rings (SSSR count). The fourth-order valence-corrected chi connectivity index (χ4v) is 3.58. The van der Waals surface area contributed by atoms with Gasteiger partial charge in [-0.15, -0.1) is 0 Å². The first-order valence-electron chi connectivity index (χ1n) is 7.99. The average Bonchev–Trinajstić information content (AvgIpc) is 2.96. The van der Waals surface area contributed by atoms with E-state index < -0.39 is 0 Å². The van der Waals surface area contributed by atoms with Crippen molar-refractivity contribution in [1.82, 2.24) is 4.90 Å². The molecule has 1 heterocycles. The topological polar surface area (TPSA) is 40.6 Å². The number of rotatable bonds is 4. The SMILES string of the molecule is CN(Cc1ccccc1)C(=O)C1CC(=O)N(c2cc(Cl)cc(Cl)c2)C1. The van der Waals surface area contributed by atoms with Crippen molar-refractivity contribution in [3.05, 3.63) is 64.1 Å². The Morgan fingerprint density at radius 3 is 2.44 bits per heavy atom. The van der Waals surface area contributed by atoms with E-state index in [1.54, 1.807) is 35.0 Å². The van der Waals surface area contributed by atoms with Crippen LogP contribution in [0.15, 0.2) is 48.5 Å². The van der Waals surface area contributed by atoms with Gasteiger partial charge in [-0.05, 0) is 23.8 Å². The van der Waals surface area contributed by atoms with Gasteiger partial charge in [0.05, 0.1) is 5.92 Å². The van der Waals surface area contributed by atoms with Gasteiger partial charge < -0.3 is 9.80 Å². The monoisotopic (exact) mass is 376 g/mol. The summed E-state index contributed by atoms with van der Waals surface area (Å²) >= 11 is 12.0. The van der Waals surface area contributed by atoms with E-state index in [2.05, 4.69) is 0 Å². The van der Waals surface area contributed by atoms with Gasteiger partial charge in [0.25, 0.3) is 0 Å². The largest absolute Gasteiger partial charge is 0.341 e. The molecule has 2 aromatic rings. The summed E-state index contributed by atoms with van der Waals surface area (Å²) in [6.07, 6.45) is 0.197. The normalized spacial score (nSPS) is 17.0.